The predicted molar refractivity (Wildman–Crippen MR) is 40.3 cm³/mol. The van der Waals surface area contributed by atoms with E-state index in [1.807, 2.05) is 0 Å². The summed E-state index contributed by atoms with van der Waals surface area (Å²) in [5, 5.41) is 2.94. The highest BCUT2D eigenvalue weighted by Crippen LogP contribution is 2.12. The predicted octanol–water partition coefficient (Wildman–Crippen LogP) is 1.90. The Bertz CT molecular complexity index is 325. The first-order valence-electron chi connectivity index (χ1n) is 2.75. The van der Waals surface area contributed by atoms with Gasteiger partial charge in [0.05, 0.1) is 16.1 Å². The van der Waals surface area contributed by atoms with Crippen molar-refractivity contribution in [1.82, 2.24) is 4.98 Å². The number of rotatable bonds is 1. The van der Waals surface area contributed by atoms with Crippen molar-refractivity contribution >= 4 is 17.2 Å². The van der Waals surface area contributed by atoms with Gasteiger partial charge in [0.1, 0.15) is 0 Å². The van der Waals surface area contributed by atoms with Gasteiger partial charge in [-0.05, 0) is 17.6 Å². The van der Waals surface area contributed by atoms with Gasteiger partial charge in [-0.25, -0.2) is 4.98 Å². The Labute approximate surface area is 66.3 Å². The molecule has 0 aromatic carbocycles. The fourth-order valence-corrected chi connectivity index (χ4v) is 1.27. The molecule has 56 valence electrons. The SMILES string of the molecule is Cc1ncsc1C(=O)N=[N+]=[N-]. The van der Waals surface area contributed by atoms with E-state index in [1.54, 1.807) is 6.92 Å². The van der Waals surface area contributed by atoms with Crippen LogP contribution in [0.25, 0.3) is 10.4 Å². The number of nitrogens with zero attached hydrogens (tertiary/aromatic N) is 4. The van der Waals surface area contributed by atoms with Gasteiger partial charge in [0.25, 0.3) is 5.91 Å². The maximum Gasteiger partial charge on any atom is 0.260 e. The molecule has 0 aliphatic heterocycles. The van der Waals surface area contributed by atoms with Gasteiger partial charge >= 0.3 is 0 Å². The molecule has 1 amide bonds. The lowest BCUT2D eigenvalue weighted by Crippen LogP contribution is -1.91. The average Bonchev–Trinajstić information content (AvgIpc) is 2.36. The normalized spacial score (nSPS) is 8.82. The Morgan fingerprint density at radius 1 is 1.91 bits per heavy atom. The summed E-state index contributed by atoms with van der Waals surface area (Å²) in [6.45, 7) is 1.69. The maximum atomic E-state index is 10.9. The van der Waals surface area contributed by atoms with E-state index in [-0.39, 0.29) is 0 Å². The summed E-state index contributed by atoms with van der Waals surface area (Å²) >= 11 is 1.17. The zero-order valence-corrected chi connectivity index (χ0v) is 6.50. The molecule has 0 bridgehead atoms. The molecule has 0 N–H and O–H groups in total. The van der Waals surface area contributed by atoms with Crippen LogP contribution >= 0.6 is 11.3 Å². The third-order valence-corrected chi connectivity index (χ3v) is 1.99. The molecular formula is C5H4N4OS. The number of aromatic nitrogens is 1. The topological polar surface area (TPSA) is 78.7 Å². The fraction of sp³-hybridized carbons (Fsp3) is 0.200. The molecule has 0 aliphatic carbocycles. The highest BCUT2D eigenvalue weighted by Gasteiger charge is 2.08. The molecule has 11 heavy (non-hydrogen) atoms. The average molecular weight is 168 g/mol. The van der Waals surface area contributed by atoms with E-state index in [4.69, 9.17) is 5.53 Å². The highest BCUT2D eigenvalue weighted by molar-refractivity contribution is 7.11. The fourth-order valence-electron chi connectivity index (χ4n) is 0.593. The van der Waals surface area contributed by atoms with E-state index in [1.165, 1.54) is 16.8 Å². The molecule has 0 saturated heterocycles. The van der Waals surface area contributed by atoms with Gasteiger partial charge in [-0.2, -0.15) is 0 Å². The molecule has 0 spiro atoms. The maximum absolute atomic E-state index is 10.9. The minimum absolute atomic E-state index is 0.405. The first kappa shape index (κ1) is 7.71. The highest BCUT2D eigenvalue weighted by atomic mass is 32.1. The Morgan fingerprint density at radius 2 is 2.64 bits per heavy atom. The van der Waals surface area contributed by atoms with Gasteiger partial charge in [0.15, 0.2) is 0 Å². The van der Waals surface area contributed by atoms with Gasteiger partial charge in [-0.15, -0.1) is 11.3 Å². The first-order valence-corrected chi connectivity index (χ1v) is 3.63. The second-order valence-electron chi connectivity index (χ2n) is 1.76. The molecule has 1 heterocycles. The van der Waals surface area contributed by atoms with Crippen LogP contribution in [-0.2, 0) is 0 Å². The molecule has 0 unspecified atom stereocenters. The van der Waals surface area contributed by atoms with E-state index < -0.39 is 5.91 Å². The number of hydrogen-bond donors (Lipinski definition) is 0. The number of amides is 1. The quantitative estimate of drug-likeness (QED) is 0.364. The van der Waals surface area contributed by atoms with Crippen molar-refractivity contribution in [1.29, 1.82) is 0 Å². The van der Waals surface area contributed by atoms with Crippen LogP contribution in [0.5, 0.6) is 0 Å². The standard InChI is InChI=1S/C5H4N4OS/c1-3-4(11-2-7-3)5(10)8-9-6/h2H,1H3. The van der Waals surface area contributed by atoms with E-state index in [2.05, 4.69) is 15.0 Å². The Balaban J connectivity index is 3.02. The van der Waals surface area contributed by atoms with E-state index in [0.717, 1.165) is 0 Å². The first-order chi connectivity index (χ1) is 5.25. The molecule has 5 nitrogen and oxygen atoms in total. The van der Waals surface area contributed by atoms with E-state index >= 15 is 0 Å². The van der Waals surface area contributed by atoms with Crippen molar-refractivity contribution in [2.45, 2.75) is 6.92 Å². The summed E-state index contributed by atoms with van der Waals surface area (Å²) in [6.07, 6.45) is 0. The van der Waals surface area contributed by atoms with Gasteiger partial charge in [0.2, 0.25) is 0 Å². The minimum Gasteiger partial charge on any atom is -0.286 e. The van der Waals surface area contributed by atoms with Crippen LogP contribution in [0, 0.1) is 6.92 Å². The summed E-state index contributed by atoms with van der Waals surface area (Å²) in [5.74, 6) is -0.562. The van der Waals surface area contributed by atoms with Crippen molar-refractivity contribution in [3.8, 4) is 0 Å². The molecule has 6 heteroatoms. The summed E-state index contributed by atoms with van der Waals surface area (Å²) in [5.41, 5.74) is 10.1. The molecule has 0 atom stereocenters. The number of carbonyl (C=O) groups is 1. The zero-order chi connectivity index (χ0) is 8.27. The van der Waals surface area contributed by atoms with Crippen molar-refractivity contribution in [3.05, 3.63) is 26.5 Å². The second kappa shape index (κ2) is 3.14. The minimum atomic E-state index is -0.562. The van der Waals surface area contributed by atoms with Gasteiger partial charge < -0.3 is 0 Å². The molecule has 0 saturated carbocycles. The third kappa shape index (κ3) is 1.54. The van der Waals surface area contributed by atoms with Crippen LogP contribution in [0.1, 0.15) is 15.4 Å². The molecule has 1 rings (SSSR count). The molecule has 1 aromatic heterocycles. The molecular weight excluding hydrogens is 164 g/mol. The lowest BCUT2D eigenvalue weighted by atomic mass is 10.4. The summed E-state index contributed by atoms with van der Waals surface area (Å²) in [6, 6.07) is 0. The van der Waals surface area contributed by atoms with Gasteiger partial charge in [-0.1, -0.05) is 0 Å². The van der Waals surface area contributed by atoms with Crippen molar-refractivity contribution in [2.24, 2.45) is 5.11 Å². The molecule has 1 aromatic rings. The van der Waals surface area contributed by atoms with Crippen molar-refractivity contribution in [3.63, 3.8) is 0 Å². The van der Waals surface area contributed by atoms with Crippen LogP contribution in [0.4, 0.5) is 0 Å². The molecule has 0 aliphatic rings. The van der Waals surface area contributed by atoms with E-state index in [9.17, 15) is 4.79 Å². The largest absolute Gasteiger partial charge is 0.286 e. The summed E-state index contributed by atoms with van der Waals surface area (Å²) in [4.78, 5) is 17.5. The Kier molecular flexibility index (Phi) is 2.20. The molecule has 0 fully saturated rings. The van der Waals surface area contributed by atoms with Gasteiger partial charge in [0, 0.05) is 4.91 Å². The van der Waals surface area contributed by atoms with Crippen LogP contribution < -0.4 is 0 Å². The van der Waals surface area contributed by atoms with Crippen molar-refractivity contribution in [2.75, 3.05) is 0 Å². The Hall–Kier alpha value is -1.39. The van der Waals surface area contributed by atoms with Crippen LogP contribution in [0.2, 0.25) is 0 Å². The van der Waals surface area contributed by atoms with Crippen LogP contribution in [-0.4, -0.2) is 10.9 Å². The van der Waals surface area contributed by atoms with E-state index in [0.29, 0.717) is 10.6 Å². The number of hydrogen-bond acceptors (Lipinski definition) is 3. The van der Waals surface area contributed by atoms with Crippen LogP contribution in [0.15, 0.2) is 10.6 Å². The second-order valence-corrected chi connectivity index (χ2v) is 2.62. The molecule has 0 radical (unpaired) electrons. The van der Waals surface area contributed by atoms with Crippen LogP contribution in [0.3, 0.4) is 0 Å². The van der Waals surface area contributed by atoms with Crippen molar-refractivity contribution < 1.29 is 4.79 Å². The lowest BCUT2D eigenvalue weighted by molar-refractivity contribution is 0.100. The third-order valence-electron chi connectivity index (χ3n) is 1.08. The lowest BCUT2D eigenvalue weighted by Gasteiger charge is -1.86. The Morgan fingerprint density at radius 3 is 3.09 bits per heavy atom. The number of azide groups is 1. The number of carbonyl (C=O) groups excluding carboxylic acids is 1. The summed E-state index contributed by atoms with van der Waals surface area (Å²) < 4.78 is 0. The smallest absolute Gasteiger partial charge is 0.260 e. The van der Waals surface area contributed by atoms with Gasteiger partial charge in [-0.3, -0.25) is 4.79 Å². The zero-order valence-electron chi connectivity index (χ0n) is 5.68. The number of thiazole rings is 1. The number of aryl methyl sites for hydroxylation is 1. The monoisotopic (exact) mass is 168 g/mol. The summed E-state index contributed by atoms with van der Waals surface area (Å²) in [7, 11) is 0.